The molecular weight excluding hydrogens is 188 g/mol. The first-order valence-corrected chi connectivity index (χ1v) is 5.52. The third-order valence-corrected chi connectivity index (χ3v) is 2.12. The van der Waals surface area contributed by atoms with E-state index in [4.69, 9.17) is 4.74 Å². The molecule has 0 amide bonds. The molecule has 0 aromatic heterocycles. The minimum absolute atomic E-state index is 0.116. The van der Waals surface area contributed by atoms with Crippen molar-refractivity contribution in [2.45, 2.75) is 40.0 Å². The summed E-state index contributed by atoms with van der Waals surface area (Å²) in [5.41, 5.74) is 1.33. The van der Waals surface area contributed by atoms with Crippen LogP contribution in [0.25, 0.3) is 0 Å². The van der Waals surface area contributed by atoms with E-state index in [0.29, 0.717) is 18.9 Å². The molecule has 1 unspecified atom stereocenters. The zero-order valence-corrected chi connectivity index (χ0v) is 10.1. The first-order chi connectivity index (χ1) is 7.10. The van der Waals surface area contributed by atoms with Gasteiger partial charge in [0.15, 0.2) is 0 Å². The molecule has 86 valence electrons. The summed E-state index contributed by atoms with van der Waals surface area (Å²) in [5.74, 6) is 0.274. The van der Waals surface area contributed by atoms with Crippen LogP contribution < -0.4 is 0 Å². The molecule has 0 aliphatic heterocycles. The lowest BCUT2D eigenvalue weighted by molar-refractivity contribution is -0.144. The predicted molar refractivity (Wildman–Crippen MR) is 63.6 cm³/mol. The van der Waals surface area contributed by atoms with E-state index >= 15 is 0 Å². The highest BCUT2D eigenvalue weighted by atomic mass is 16.5. The summed E-state index contributed by atoms with van der Waals surface area (Å²) >= 11 is 0. The van der Waals surface area contributed by atoms with Crippen molar-refractivity contribution in [1.29, 1.82) is 0 Å². The lowest BCUT2D eigenvalue weighted by Gasteiger charge is -2.11. The Labute approximate surface area is 93.0 Å². The van der Waals surface area contributed by atoms with Gasteiger partial charge in [-0.2, -0.15) is 0 Å². The Bertz CT molecular complexity index is 229. The van der Waals surface area contributed by atoms with E-state index in [-0.39, 0.29) is 5.97 Å². The summed E-state index contributed by atoms with van der Waals surface area (Å²) in [5, 5.41) is 0. The Balaban J connectivity index is 3.77. The van der Waals surface area contributed by atoms with Gasteiger partial charge in [-0.25, -0.2) is 0 Å². The Kier molecular flexibility index (Phi) is 7.69. The zero-order valence-electron chi connectivity index (χ0n) is 10.1. The second kappa shape index (κ2) is 8.27. The molecule has 0 saturated heterocycles. The van der Waals surface area contributed by atoms with E-state index in [2.05, 4.69) is 26.5 Å². The molecular formula is C13H22O2. The predicted octanol–water partition coefficient (Wildman–Crippen LogP) is 3.49. The highest BCUT2D eigenvalue weighted by Crippen LogP contribution is 2.12. The van der Waals surface area contributed by atoms with E-state index in [1.807, 2.05) is 13.0 Å². The van der Waals surface area contributed by atoms with Crippen molar-refractivity contribution in [3.05, 3.63) is 24.3 Å². The second-order valence-corrected chi connectivity index (χ2v) is 3.92. The average molecular weight is 210 g/mol. The summed E-state index contributed by atoms with van der Waals surface area (Å²) in [6.45, 7) is 10.2. The first kappa shape index (κ1) is 13.9. The van der Waals surface area contributed by atoms with Gasteiger partial charge >= 0.3 is 5.97 Å². The lowest BCUT2D eigenvalue weighted by atomic mass is 10.0. The highest BCUT2D eigenvalue weighted by molar-refractivity contribution is 5.68. The molecule has 0 radical (unpaired) electrons. The third kappa shape index (κ3) is 7.98. The molecule has 0 rings (SSSR count). The molecule has 0 bridgehead atoms. The van der Waals surface area contributed by atoms with Crippen molar-refractivity contribution in [1.82, 2.24) is 0 Å². The lowest BCUT2D eigenvalue weighted by Crippen LogP contribution is -2.11. The van der Waals surface area contributed by atoms with Gasteiger partial charge < -0.3 is 4.74 Å². The van der Waals surface area contributed by atoms with Crippen LogP contribution in [-0.4, -0.2) is 12.6 Å². The number of allylic oxidation sites excluding steroid dienone is 3. The van der Waals surface area contributed by atoms with Crippen LogP contribution in [0, 0.1) is 5.92 Å². The monoisotopic (exact) mass is 210 g/mol. The van der Waals surface area contributed by atoms with Crippen LogP contribution in [0.5, 0.6) is 0 Å². The molecule has 0 spiro atoms. The van der Waals surface area contributed by atoms with Gasteiger partial charge in [-0.05, 0) is 25.7 Å². The Hall–Kier alpha value is -1.05. The SMILES string of the molecule is C=CC/C=C(\C)CC(C)COC(=O)CC. The summed E-state index contributed by atoms with van der Waals surface area (Å²) < 4.78 is 5.07. The first-order valence-electron chi connectivity index (χ1n) is 5.52. The van der Waals surface area contributed by atoms with Gasteiger partial charge in [0.2, 0.25) is 0 Å². The van der Waals surface area contributed by atoms with Gasteiger partial charge in [0, 0.05) is 6.42 Å². The van der Waals surface area contributed by atoms with Gasteiger partial charge in [-0.1, -0.05) is 31.6 Å². The quantitative estimate of drug-likeness (QED) is 0.475. The molecule has 2 nitrogen and oxygen atoms in total. The summed E-state index contributed by atoms with van der Waals surface area (Å²) in [6.07, 6.45) is 6.38. The largest absolute Gasteiger partial charge is 0.465 e. The number of carbonyl (C=O) groups excluding carboxylic acids is 1. The van der Waals surface area contributed by atoms with Crippen molar-refractivity contribution >= 4 is 5.97 Å². The standard InChI is InChI=1S/C13H22O2/c1-5-7-8-11(3)9-12(4)10-15-13(14)6-2/h5,8,12H,1,6-7,9-10H2,2-4H3/b11-8+. The molecule has 0 N–H and O–H groups in total. The van der Waals surface area contributed by atoms with Gasteiger partial charge in [-0.15, -0.1) is 6.58 Å². The second-order valence-electron chi connectivity index (χ2n) is 3.92. The maximum atomic E-state index is 10.9. The fourth-order valence-electron chi connectivity index (χ4n) is 1.31. The molecule has 0 aliphatic carbocycles. The van der Waals surface area contributed by atoms with E-state index in [9.17, 15) is 4.79 Å². The van der Waals surface area contributed by atoms with Gasteiger partial charge in [0.05, 0.1) is 6.61 Å². The topological polar surface area (TPSA) is 26.3 Å². The molecule has 2 heteroatoms. The number of hydrogen-bond donors (Lipinski definition) is 0. The smallest absolute Gasteiger partial charge is 0.305 e. The van der Waals surface area contributed by atoms with Crippen LogP contribution in [0.3, 0.4) is 0 Å². The molecule has 0 aromatic carbocycles. The van der Waals surface area contributed by atoms with Gasteiger partial charge in [0.1, 0.15) is 0 Å². The average Bonchev–Trinajstić information content (AvgIpc) is 2.22. The van der Waals surface area contributed by atoms with Crippen molar-refractivity contribution in [2.75, 3.05) is 6.61 Å². The zero-order chi connectivity index (χ0) is 11.7. The van der Waals surface area contributed by atoms with Gasteiger partial charge in [-0.3, -0.25) is 4.79 Å². The van der Waals surface area contributed by atoms with E-state index < -0.39 is 0 Å². The number of carbonyl (C=O) groups is 1. The van der Waals surface area contributed by atoms with Crippen LogP contribution in [0.2, 0.25) is 0 Å². The number of rotatable bonds is 7. The number of esters is 1. The van der Waals surface area contributed by atoms with Crippen molar-refractivity contribution < 1.29 is 9.53 Å². The number of hydrogen-bond acceptors (Lipinski definition) is 2. The van der Waals surface area contributed by atoms with Crippen LogP contribution in [0.15, 0.2) is 24.3 Å². The van der Waals surface area contributed by atoms with Crippen LogP contribution in [-0.2, 0) is 9.53 Å². The van der Waals surface area contributed by atoms with E-state index in [1.54, 1.807) is 0 Å². The summed E-state index contributed by atoms with van der Waals surface area (Å²) in [6, 6.07) is 0. The molecule has 0 aliphatic rings. The van der Waals surface area contributed by atoms with Crippen LogP contribution >= 0.6 is 0 Å². The number of ether oxygens (including phenoxy) is 1. The van der Waals surface area contributed by atoms with Gasteiger partial charge in [0.25, 0.3) is 0 Å². The van der Waals surface area contributed by atoms with E-state index in [0.717, 1.165) is 12.8 Å². The van der Waals surface area contributed by atoms with Crippen molar-refractivity contribution in [3.8, 4) is 0 Å². The summed E-state index contributed by atoms with van der Waals surface area (Å²) in [7, 11) is 0. The fraction of sp³-hybridized carbons (Fsp3) is 0.615. The Morgan fingerprint density at radius 1 is 1.53 bits per heavy atom. The minimum atomic E-state index is -0.116. The molecule has 15 heavy (non-hydrogen) atoms. The summed E-state index contributed by atoms with van der Waals surface area (Å²) in [4.78, 5) is 10.9. The molecule has 1 atom stereocenters. The van der Waals surface area contributed by atoms with Crippen molar-refractivity contribution in [2.24, 2.45) is 5.92 Å². The Morgan fingerprint density at radius 2 is 2.20 bits per heavy atom. The molecule has 0 aromatic rings. The highest BCUT2D eigenvalue weighted by Gasteiger charge is 2.06. The molecule has 0 saturated carbocycles. The normalized spacial score (nSPS) is 13.4. The van der Waals surface area contributed by atoms with Crippen LogP contribution in [0.1, 0.15) is 40.0 Å². The Morgan fingerprint density at radius 3 is 2.73 bits per heavy atom. The minimum Gasteiger partial charge on any atom is -0.465 e. The third-order valence-electron chi connectivity index (χ3n) is 2.12. The van der Waals surface area contributed by atoms with E-state index in [1.165, 1.54) is 5.57 Å². The fourth-order valence-corrected chi connectivity index (χ4v) is 1.31. The molecule has 0 heterocycles. The van der Waals surface area contributed by atoms with Crippen LogP contribution in [0.4, 0.5) is 0 Å². The maximum absolute atomic E-state index is 10.9. The maximum Gasteiger partial charge on any atom is 0.305 e. The van der Waals surface area contributed by atoms with Crippen molar-refractivity contribution in [3.63, 3.8) is 0 Å². The molecule has 0 fully saturated rings.